The molecule has 0 heterocycles. The summed E-state index contributed by atoms with van der Waals surface area (Å²) in [5.41, 5.74) is 8.87. The van der Waals surface area contributed by atoms with Crippen molar-refractivity contribution >= 4 is 11.6 Å². The summed E-state index contributed by atoms with van der Waals surface area (Å²) in [5.74, 6) is 0.180. The van der Waals surface area contributed by atoms with E-state index in [0.717, 1.165) is 18.8 Å². The van der Waals surface area contributed by atoms with Gasteiger partial charge < -0.3 is 16.0 Å². The van der Waals surface area contributed by atoms with Crippen LogP contribution in [-0.4, -0.2) is 26.0 Å². The van der Waals surface area contributed by atoms with Crippen LogP contribution in [0.4, 0.5) is 5.69 Å². The SMILES string of the molecule is CNCc1cc(C)ccc1N(CC(N)=O)CC(C)C. The summed E-state index contributed by atoms with van der Waals surface area (Å²) in [6.07, 6.45) is 0. The third-order valence-electron chi connectivity index (χ3n) is 2.88. The van der Waals surface area contributed by atoms with E-state index < -0.39 is 0 Å². The van der Waals surface area contributed by atoms with E-state index in [-0.39, 0.29) is 12.5 Å². The highest BCUT2D eigenvalue weighted by atomic mass is 16.1. The van der Waals surface area contributed by atoms with Crippen LogP contribution in [0, 0.1) is 12.8 Å². The average molecular weight is 263 g/mol. The summed E-state index contributed by atoms with van der Waals surface area (Å²) in [4.78, 5) is 13.3. The molecule has 0 atom stereocenters. The lowest BCUT2D eigenvalue weighted by Gasteiger charge is -2.28. The molecule has 0 aliphatic rings. The predicted molar refractivity (Wildman–Crippen MR) is 80.2 cm³/mol. The van der Waals surface area contributed by atoms with Gasteiger partial charge in [0, 0.05) is 18.8 Å². The molecule has 4 nitrogen and oxygen atoms in total. The van der Waals surface area contributed by atoms with Crippen molar-refractivity contribution in [3.05, 3.63) is 29.3 Å². The first-order valence-electron chi connectivity index (χ1n) is 6.71. The molecule has 3 N–H and O–H groups in total. The van der Waals surface area contributed by atoms with Crippen LogP contribution >= 0.6 is 0 Å². The summed E-state index contributed by atoms with van der Waals surface area (Å²) in [7, 11) is 1.92. The smallest absolute Gasteiger partial charge is 0.236 e. The molecular formula is C15H25N3O. The largest absolute Gasteiger partial charge is 0.368 e. The molecular weight excluding hydrogens is 238 g/mol. The van der Waals surface area contributed by atoms with Crippen LogP contribution in [0.5, 0.6) is 0 Å². The Labute approximate surface area is 116 Å². The molecule has 1 aromatic carbocycles. The van der Waals surface area contributed by atoms with Crippen LogP contribution in [0.2, 0.25) is 0 Å². The number of primary amides is 1. The van der Waals surface area contributed by atoms with E-state index in [2.05, 4.69) is 49.2 Å². The fourth-order valence-corrected chi connectivity index (χ4v) is 2.23. The Kier molecular flexibility index (Phi) is 5.83. The summed E-state index contributed by atoms with van der Waals surface area (Å²) < 4.78 is 0. The van der Waals surface area contributed by atoms with Crippen LogP contribution in [0.15, 0.2) is 18.2 Å². The number of amides is 1. The number of aryl methyl sites for hydroxylation is 1. The van der Waals surface area contributed by atoms with Crippen molar-refractivity contribution in [3.63, 3.8) is 0 Å². The van der Waals surface area contributed by atoms with Crippen molar-refractivity contribution in [1.82, 2.24) is 5.32 Å². The maximum absolute atomic E-state index is 11.3. The predicted octanol–water partition coefficient (Wildman–Crippen LogP) is 1.66. The molecule has 0 radical (unpaired) electrons. The second kappa shape index (κ2) is 7.14. The number of carbonyl (C=O) groups is 1. The van der Waals surface area contributed by atoms with Crippen LogP contribution in [0.3, 0.4) is 0 Å². The van der Waals surface area contributed by atoms with Gasteiger partial charge in [-0.3, -0.25) is 4.79 Å². The van der Waals surface area contributed by atoms with Gasteiger partial charge in [-0.15, -0.1) is 0 Å². The molecule has 0 spiro atoms. The number of carbonyl (C=O) groups excluding carboxylic acids is 1. The Hall–Kier alpha value is -1.55. The quantitative estimate of drug-likeness (QED) is 0.786. The molecule has 0 bridgehead atoms. The molecule has 0 aliphatic heterocycles. The van der Waals surface area contributed by atoms with Crippen LogP contribution in [0.1, 0.15) is 25.0 Å². The second-order valence-electron chi connectivity index (χ2n) is 5.40. The summed E-state index contributed by atoms with van der Waals surface area (Å²) in [6, 6.07) is 6.30. The average Bonchev–Trinajstić information content (AvgIpc) is 2.27. The normalized spacial score (nSPS) is 10.8. The number of anilines is 1. The number of nitrogens with one attached hydrogen (secondary N) is 1. The molecule has 106 valence electrons. The fraction of sp³-hybridized carbons (Fsp3) is 0.533. The summed E-state index contributed by atoms with van der Waals surface area (Å²) >= 11 is 0. The van der Waals surface area contributed by atoms with Crippen LogP contribution in [-0.2, 0) is 11.3 Å². The molecule has 0 fully saturated rings. The first-order valence-corrected chi connectivity index (χ1v) is 6.71. The van der Waals surface area contributed by atoms with E-state index in [1.807, 2.05) is 7.05 Å². The van der Waals surface area contributed by atoms with Crippen LogP contribution in [0.25, 0.3) is 0 Å². The number of benzene rings is 1. The van der Waals surface area contributed by atoms with Crippen LogP contribution < -0.4 is 16.0 Å². The van der Waals surface area contributed by atoms with E-state index in [1.165, 1.54) is 11.1 Å². The molecule has 4 heteroatoms. The van der Waals surface area contributed by atoms with Crippen molar-refractivity contribution in [2.24, 2.45) is 11.7 Å². The van der Waals surface area contributed by atoms with Crippen molar-refractivity contribution in [1.29, 1.82) is 0 Å². The highest BCUT2D eigenvalue weighted by molar-refractivity contribution is 5.80. The molecule has 1 aromatic rings. The zero-order chi connectivity index (χ0) is 14.4. The fourth-order valence-electron chi connectivity index (χ4n) is 2.23. The molecule has 0 saturated carbocycles. The monoisotopic (exact) mass is 263 g/mol. The van der Waals surface area contributed by atoms with Gasteiger partial charge in [0.05, 0.1) is 6.54 Å². The van der Waals surface area contributed by atoms with Crippen molar-refractivity contribution in [3.8, 4) is 0 Å². The highest BCUT2D eigenvalue weighted by Crippen LogP contribution is 2.23. The Morgan fingerprint density at radius 1 is 1.42 bits per heavy atom. The van der Waals surface area contributed by atoms with E-state index in [1.54, 1.807) is 0 Å². The number of rotatable bonds is 7. The summed E-state index contributed by atoms with van der Waals surface area (Å²) in [6.45, 7) is 8.22. The standard InChI is InChI=1S/C15H25N3O/c1-11(2)9-18(10-15(16)19)14-6-5-12(3)7-13(14)8-17-4/h5-7,11,17H,8-10H2,1-4H3,(H2,16,19). The third-order valence-corrected chi connectivity index (χ3v) is 2.88. The first-order chi connectivity index (χ1) is 8.93. The van der Waals surface area contributed by atoms with Crippen molar-refractivity contribution < 1.29 is 4.79 Å². The van der Waals surface area contributed by atoms with Gasteiger partial charge in [0.15, 0.2) is 0 Å². The topological polar surface area (TPSA) is 58.4 Å². The highest BCUT2D eigenvalue weighted by Gasteiger charge is 2.14. The van der Waals surface area contributed by atoms with Gasteiger partial charge >= 0.3 is 0 Å². The van der Waals surface area contributed by atoms with E-state index in [9.17, 15) is 4.79 Å². The van der Waals surface area contributed by atoms with Gasteiger partial charge in [0.1, 0.15) is 0 Å². The zero-order valence-electron chi connectivity index (χ0n) is 12.4. The minimum atomic E-state index is -0.295. The van der Waals surface area contributed by atoms with Gasteiger partial charge in [-0.2, -0.15) is 0 Å². The molecule has 1 rings (SSSR count). The molecule has 0 aliphatic carbocycles. The molecule has 0 unspecified atom stereocenters. The Balaban J connectivity index is 3.08. The minimum Gasteiger partial charge on any atom is -0.368 e. The lowest BCUT2D eigenvalue weighted by Crippen LogP contribution is -2.37. The number of nitrogens with zero attached hydrogens (tertiary/aromatic N) is 1. The van der Waals surface area contributed by atoms with Gasteiger partial charge in [-0.05, 0) is 31.5 Å². The Morgan fingerprint density at radius 2 is 2.11 bits per heavy atom. The minimum absolute atomic E-state index is 0.262. The number of nitrogens with two attached hydrogens (primary N) is 1. The van der Waals surface area contributed by atoms with E-state index in [0.29, 0.717) is 5.92 Å². The van der Waals surface area contributed by atoms with Gasteiger partial charge in [0.25, 0.3) is 0 Å². The van der Waals surface area contributed by atoms with Crippen molar-refractivity contribution in [2.75, 3.05) is 25.0 Å². The molecule has 19 heavy (non-hydrogen) atoms. The number of hydrogen-bond donors (Lipinski definition) is 2. The van der Waals surface area contributed by atoms with E-state index in [4.69, 9.17) is 5.73 Å². The lowest BCUT2D eigenvalue weighted by molar-refractivity contribution is -0.116. The van der Waals surface area contributed by atoms with E-state index >= 15 is 0 Å². The van der Waals surface area contributed by atoms with Gasteiger partial charge in [-0.25, -0.2) is 0 Å². The molecule has 0 aromatic heterocycles. The lowest BCUT2D eigenvalue weighted by atomic mass is 10.1. The zero-order valence-corrected chi connectivity index (χ0v) is 12.4. The Morgan fingerprint density at radius 3 is 2.63 bits per heavy atom. The maximum atomic E-state index is 11.3. The molecule has 1 amide bonds. The Bertz CT molecular complexity index is 429. The second-order valence-corrected chi connectivity index (χ2v) is 5.40. The molecule has 0 saturated heterocycles. The maximum Gasteiger partial charge on any atom is 0.236 e. The van der Waals surface area contributed by atoms with Crippen molar-refractivity contribution in [2.45, 2.75) is 27.3 Å². The third kappa shape index (κ3) is 4.91. The summed E-state index contributed by atoms with van der Waals surface area (Å²) in [5, 5.41) is 3.17. The van der Waals surface area contributed by atoms with Gasteiger partial charge in [0.2, 0.25) is 5.91 Å². The van der Waals surface area contributed by atoms with Gasteiger partial charge in [-0.1, -0.05) is 31.5 Å². The number of hydrogen-bond acceptors (Lipinski definition) is 3. The first kappa shape index (κ1) is 15.5.